The molecule has 1 amide bonds. The van der Waals surface area contributed by atoms with Gasteiger partial charge in [-0.15, -0.1) is 0 Å². The minimum absolute atomic E-state index is 0.0405. The third-order valence-corrected chi connectivity index (χ3v) is 3.64. The highest BCUT2D eigenvalue weighted by Gasteiger charge is 2.24. The van der Waals surface area contributed by atoms with Crippen molar-refractivity contribution in [2.24, 2.45) is 5.92 Å². The van der Waals surface area contributed by atoms with E-state index in [1.54, 1.807) is 0 Å². The predicted molar refractivity (Wildman–Crippen MR) is 84.0 cm³/mol. The van der Waals surface area contributed by atoms with E-state index in [-0.39, 0.29) is 18.6 Å². The van der Waals surface area contributed by atoms with E-state index >= 15 is 0 Å². The van der Waals surface area contributed by atoms with Crippen molar-refractivity contribution < 1.29 is 9.90 Å². The molecule has 0 saturated heterocycles. The standard InChI is InChI=1S/C18H23NO2/c1-13-6-9-16(5-3-4-10-20)17(11-13)18(21)19-14(2)12-15-7-8-15/h6,9,11,14-15,20H,4,7-8,10,12H2,1-2H3,(H,19,21). The van der Waals surface area contributed by atoms with E-state index < -0.39 is 0 Å². The number of benzene rings is 1. The number of aliphatic hydroxyl groups is 1. The second-order valence-corrected chi connectivity index (χ2v) is 5.88. The summed E-state index contributed by atoms with van der Waals surface area (Å²) in [4.78, 5) is 12.4. The molecule has 2 rings (SSSR count). The van der Waals surface area contributed by atoms with E-state index in [2.05, 4.69) is 24.1 Å². The number of aryl methyl sites for hydroxylation is 1. The zero-order valence-corrected chi connectivity index (χ0v) is 12.8. The van der Waals surface area contributed by atoms with E-state index in [4.69, 9.17) is 5.11 Å². The van der Waals surface area contributed by atoms with Crippen LogP contribution in [0.5, 0.6) is 0 Å². The number of hydrogen-bond acceptors (Lipinski definition) is 2. The third kappa shape index (κ3) is 4.91. The van der Waals surface area contributed by atoms with Crippen molar-refractivity contribution in [1.29, 1.82) is 0 Å². The first-order chi connectivity index (χ1) is 10.1. The van der Waals surface area contributed by atoms with Gasteiger partial charge >= 0.3 is 0 Å². The lowest BCUT2D eigenvalue weighted by Crippen LogP contribution is -2.33. The van der Waals surface area contributed by atoms with Crippen molar-refractivity contribution in [1.82, 2.24) is 5.32 Å². The molecule has 0 aromatic heterocycles. The molecule has 1 aliphatic carbocycles. The Hall–Kier alpha value is -1.79. The van der Waals surface area contributed by atoms with E-state index in [1.165, 1.54) is 12.8 Å². The predicted octanol–water partition coefficient (Wildman–Crippen LogP) is 2.65. The Morgan fingerprint density at radius 1 is 1.48 bits per heavy atom. The molecule has 112 valence electrons. The van der Waals surface area contributed by atoms with Crippen molar-refractivity contribution in [3.63, 3.8) is 0 Å². The van der Waals surface area contributed by atoms with Gasteiger partial charge in [-0.25, -0.2) is 0 Å². The third-order valence-electron chi connectivity index (χ3n) is 3.64. The number of amides is 1. The Morgan fingerprint density at radius 2 is 2.24 bits per heavy atom. The molecular weight excluding hydrogens is 262 g/mol. The van der Waals surface area contributed by atoms with Crippen molar-refractivity contribution >= 4 is 5.91 Å². The van der Waals surface area contributed by atoms with Crippen LogP contribution in [-0.4, -0.2) is 23.7 Å². The summed E-state index contributed by atoms with van der Waals surface area (Å²) >= 11 is 0. The first-order valence-electron chi connectivity index (χ1n) is 7.61. The Labute approximate surface area is 126 Å². The monoisotopic (exact) mass is 285 g/mol. The first kappa shape index (κ1) is 15.6. The summed E-state index contributed by atoms with van der Waals surface area (Å²) < 4.78 is 0. The van der Waals surface area contributed by atoms with Gasteiger partial charge in [0.25, 0.3) is 5.91 Å². The second-order valence-electron chi connectivity index (χ2n) is 5.88. The largest absolute Gasteiger partial charge is 0.395 e. The smallest absolute Gasteiger partial charge is 0.252 e. The van der Waals surface area contributed by atoms with E-state index in [9.17, 15) is 4.79 Å². The highest BCUT2D eigenvalue weighted by Crippen LogP contribution is 2.33. The molecule has 0 bridgehead atoms. The minimum atomic E-state index is -0.0554. The Kier molecular flexibility index (Phi) is 5.41. The quantitative estimate of drug-likeness (QED) is 0.817. The second kappa shape index (κ2) is 7.28. The number of hydrogen-bond donors (Lipinski definition) is 2. The molecule has 2 N–H and O–H groups in total. The van der Waals surface area contributed by atoms with Gasteiger partial charge in [-0.05, 0) is 38.3 Å². The van der Waals surface area contributed by atoms with E-state index in [0.29, 0.717) is 12.0 Å². The number of rotatable bonds is 5. The Bertz CT molecular complexity index is 564. The van der Waals surface area contributed by atoms with E-state index in [0.717, 1.165) is 23.5 Å². The summed E-state index contributed by atoms with van der Waals surface area (Å²) in [6.45, 7) is 4.07. The van der Waals surface area contributed by atoms with Gasteiger partial charge in [0.15, 0.2) is 0 Å². The topological polar surface area (TPSA) is 49.3 Å². The van der Waals surface area contributed by atoms with Crippen molar-refractivity contribution in [2.75, 3.05) is 6.61 Å². The molecule has 0 aliphatic heterocycles. The Balaban J connectivity index is 2.10. The van der Waals surface area contributed by atoms with E-state index in [1.807, 2.05) is 25.1 Å². The number of nitrogens with one attached hydrogen (secondary N) is 1. The van der Waals surface area contributed by atoms with Crippen LogP contribution in [0, 0.1) is 24.7 Å². The average Bonchev–Trinajstić information content (AvgIpc) is 3.24. The lowest BCUT2D eigenvalue weighted by Gasteiger charge is -2.14. The van der Waals surface area contributed by atoms with Crippen LogP contribution in [0.25, 0.3) is 0 Å². The van der Waals surface area contributed by atoms with Crippen LogP contribution in [0.3, 0.4) is 0 Å². The zero-order valence-electron chi connectivity index (χ0n) is 12.8. The number of aliphatic hydroxyl groups excluding tert-OH is 1. The summed E-state index contributed by atoms with van der Waals surface area (Å²) in [5.74, 6) is 6.60. The lowest BCUT2D eigenvalue weighted by molar-refractivity contribution is 0.0937. The van der Waals surface area contributed by atoms with Gasteiger partial charge in [-0.2, -0.15) is 0 Å². The Morgan fingerprint density at radius 3 is 2.90 bits per heavy atom. The molecule has 1 aliphatic rings. The lowest BCUT2D eigenvalue weighted by atomic mass is 10.0. The number of carbonyl (C=O) groups is 1. The normalized spacial score (nSPS) is 15.0. The fraction of sp³-hybridized carbons (Fsp3) is 0.500. The van der Waals surface area contributed by atoms with Gasteiger partial charge in [0.2, 0.25) is 0 Å². The maximum atomic E-state index is 12.4. The summed E-state index contributed by atoms with van der Waals surface area (Å²) in [7, 11) is 0. The molecule has 1 atom stereocenters. The maximum Gasteiger partial charge on any atom is 0.252 e. The molecule has 3 heteroatoms. The zero-order chi connectivity index (χ0) is 15.2. The molecule has 1 aromatic rings. The van der Waals surface area contributed by atoms with Crippen molar-refractivity contribution in [2.45, 2.75) is 45.6 Å². The van der Waals surface area contributed by atoms with Crippen molar-refractivity contribution in [3.8, 4) is 11.8 Å². The van der Waals surface area contributed by atoms with Gasteiger partial charge in [-0.1, -0.05) is 36.3 Å². The molecule has 1 aromatic carbocycles. The highest BCUT2D eigenvalue weighted by molar-refractivity contribution is 5.97. The van der Waals surface area contributed by atoms with Gasteiger partial charge in [0.1, 0.15) is 0 Å². The average molecular weight is 285 g/mol. The van der Waals surface area contributed by atoms with Crippen LogP contribution >= 0.6 is 0 Å². The molecule has 1 unspecified atom stereocenters. The van der Waals surface area contributed by atoms with Gasteiger partial charge in [0, 0.05) is 18.0 Å². The fourth-order valence-corrected chi connectivity index (χ4v) is 2.38. The molecule has 21 heavy (non-hydrogen) atoms. The first-order valence-corrected chi connectivity index (χ1v) is 7.61. The van der Waals surface area contributed by atoms with Gasteiger partial charge in [-0.3, -0.25) is 4.79 Å². The molecule has 0 spiro atoms. The molecule has 1 fully saturated rings. The van der Waals surface area contributed by atoms with Gasteiger partial charge < -0.3 is 10.4 Å². The molecule has 1 saturated carbocycles. The fourth-order valence-electron chi connectivity index (χ4n) is 2.38. The van der Waals surface area contributed by atoms with Crippen LogP contribution in [0.1, 0.15) is 54.1 Å². The summed E-state index contributed by atoms with van der Waals surface area (Å²) in [5, 5.41) is 11.9. The maximum absolute atomic E-state index is 12.4. The summed E-state index contributed by atoms with van der Waals surface area (Å²) in [6.07, 6.45) is 4.07. The van der Waals surface area contributed by atoms with Gasteiger partial charge in [0.05, 0.1) is 12.2 Å². The van der Waals surface area contributed by atoms with Crippen molar-refractivity contribution in [3.05, 3.63) is 34.9 Å². The molecule has 3 nitrogen and oxygen atoms in total. The number of carbonyl (C=O) groups excluding carboxylic acids is 1. The molecular formula is C18H23NO2. The minimum Gasteiger partial charge on any atom is -0.395 e. The van der Waals surface area contributed by atoms with Crippen LogP contribution in [-0.2, 0) is 0 Å². The molecule has 0 radical (unpaired) electrons. The summed E-state index contributed by atoms with van der Waals surface area (Å²) in [5.41, 5.74) is 2.40. The highest BCUT2D eigenvalue weighted by atomic mass is 16.2. The SMILES string of the molecule is Cc1ccc(C#CCCO)c(C(=O)NC(C)CC2CC2)c1. The molecule has 0 heterocycles. The van der Waals surface area contributed by atoms with Crippen LogP contribution in [0.4, 0.5) is 0 Å². The van der Waals surface area contributed by atoms with Crippen LogP contribution in [0.15, 0.2) is 18.2 Å². The van der Waals surface area contributed by atoms with Crippen LogP contribution in [0.2, 0.25) is 0 Å². The van der Waals surface area contributed by atoms with Crippen LogP contribution < -0.4 is 5.32 Å². The summed E-state index contributed by atoms with van der Waals surface area (Å²) in [6, 6.07) is 5.90.